The SMILES string of the molecule is Cc1cc(C)c(CNC(C)CCN(C)C)c(C)c1. The van der Waals surface area contributed by atoms with E-state index in [-0.39, 0.29) is 0 Å². The van der Waals surface area contributed by atoms with Gasteiger partial charge in [0.2, 0.25) is 0 Å². The van der Waals surface area contributed by atoms with Gasteiger partial charge in [-0.05, 0) is 71.4 Å². The molecular formula is C16H28N2. The maximum Gasteiger partial charge on any atom is 0.0213 e. The van der Waals surface area contributed by atoms with E-state index < -0.39 is 0 Å². The first-order valence-electron chi connectivity index (χ1n) is 6.85. The standard InChI is InChI=1S/C16H28N2/c1-12-9-13(2)16(14(3)10-12)11-17-15(4)7-8-18(5)6/h9-10,15,17H,7-8,11H2,1-6H3. The smallest absolute Gasteiger partial charge is 0.0213 e. The van der Waals surface area contributed by atoms with E-state index in [4.69, 9.17) is 0 Å². The summed E-state index contributed by atoms with van der Waals surface area (Å²) < 4.78 is 0. The normalized spacial score (nSPS) is 13.1. The molecule has 1 aromatic carbocycles. The average molecular weight is 248 g/mol. The minimum atomic E-state index is 0.563. The Hall–Kier alpha value is -0.860. The molecule has 1 rings (SSSR count). The van der Waals surface area contributed by atoms with Gasteiger partial charge in [0, 0.05) is 12.6 Å². The van der Waals surface area contributed by atoms with Crippen LogP contribution in [0.2, 0.25) is 0 Å². The van der Waals surface area contributed by atoms with Crippen molar-refractivity contribution < 1.29 is 0 Å². The first kappa shape index (κ1) is 15.2. The summed E-state index contributed by atoms with van der Waals surface area (Å²) in [5, 5.41) is 3.63. The van der Waals surface area contributed by atoms with E-state index in [1.54, 1.807) is 0 Å². The summed E-state index contributed by atoms with van der Waals surface area (Å²) in [4.78, 5) is 2.24. The number of nitrogens with zero attached hydrogens (tertiary/aromatic N) is 1. The van der Waals surface area contributed by atoms with Gasteiger partial charge in [-0.1, -0.05) is 17.7 Å². The van der Waals surface area contributed by atoms with Crippen LogP contribution in [0.5, 0.6) is 0 Å². The Kier molecular flexibility index (Phi) is 5.83. The van der Waals surface area contributed by atoms with E-state index in [1.807, 2.05) is 0 Å². The molecule has 0 bridgehead atoms. The van der Waals surface area contributed by atoms with E-state index in [0.717, 1.165) is 13.1 Å². The Morgan fingerprint density at radius 3 is 2.17 bits per heavy atom. The predicted molar refractivity (Wildman–Crippen MR) is 80.1 cm³/mol. The molecule has 2 nitrogen and oxygen atoms in total. The summed E-state index contributed by atoms with van der Waals surface area (Å²) in [6.45, 7) is 11.0. The van der Waals surface area contributed by atoms with Crippen LogP contribution in [-0.2, 0) is 6.54 Å². The monoisotopic (exact) mass is 248 g/mol. The maximum absolute atomic E-state index is 3.63. The van der Waals surface area contributed by atoms with Gasteiger partial charge in [0.1, 0.15) is 0 Å². The zero-order valence-electron chi connectivity index (χ0n) is 12.8. The Morgan fingerprint density at radius 2 is 1.67 bits per heavy atom. The Balaban J connectivity index is 2.53. The molecule has 18 heavy (non-hydrogen) atoms. The number of aryl methyl sites for hydroxylation is 3. The fraction of sp³-hybridized carbons (Fsp3) is 0.625. The van der Waals surface area contributed by atoms with E-state index >= 15 is 0 Å². The van der Waals surface area contributed by atoms with Crippen molar-refractivity contribution in [2.75, 3.05) is 20.6 Å². The molecular weight excluding hydrogens is 220 g/mol. The van der Waals surface area contributed by atoms with Crippen LogP contribution < -0.4 is 5.32 Å². The van der Waals surface area contributed by atoms with Crippen LogP contribution in [0.15, 0.2) is 12.1 Å². The van der Waals surface area contributed by atoms with Gasteiger partial charge < -0.3 is 10.2 Å². The lowest BCUT2D eigenvalue weighted by molar-refractivity contribution is 0.365. The highest BCUT2D eigenvalue weighted by molar-refractivity contribution is 5.37. The van der Waals surface area contributed by atoms with Crippen LogP contribution in [0.25, 0.3) is 0 Å². The lowest BCUT2D eigenvalue weighted by Gasteiger charge is -2.18. The molecule has 1 atom stereocenters. The Bertz CT molecular complexity index is 360. The molecule has 0 amide bonds. The van der Waals surface area contributed by atoms with Gasteiger partial charge in [-0.2, -0.15) is 0 Å². The molecule has 1 N–H and O–H groups in total. The van der Waals surface area contributed by atoms with Crippen molar-refractivity contribution in [1.82, 2.24) is 10.2 Å². The summed E-state index contributed by atoms with van der Waals surface area (Å²) in [6.07, 6.45) is 1.19. The lowest BCUT2D eigenvalue weighted by Crippen LogP contribution is -2.29. The third-order valence-electron chi connectivity index (χ3n) is 3.48. The third-order valence-corrected chi connectivity index (χ3v) is 3.48. The number of hydrogen-bond donors (Lipinski definition) is 1. The number of hydrogen-bond acceptors (Lipinski definition) is 2. The van der Waals surface area contributed by atoms with Crippen molar-refractivity contribution in [2.24, 2.45) is 0 Å². The van der Waals surface area contributed by atoms with Gasteiger partial charge >= 0.3 is 0 Å². The fourth-order valence-electron chi connectivity index (χ4n) is 2.32. The second-order valence-corrected chi connectivity index (χ2v) is 5.75. The predicted octanol–water partition coefficient (Wildman–Crippen LogP) is 3.04. The molecule has 0 saturated heterocycles. The molecule has 0 aliphatic heterocycles. The van der Waals surface area contributed by atoms with Crippen molar-refractivity contribution >= 4 is 0 Å². The van der Waals surface area contributed by atoms with Gasteiger partial charge in [-0.15, -0.1) is 0 Å². The Morgan fingerprint density at radius 1 is 1.11 bits per heavy atom. The van der Waals surface area contributed by atoms with Crippen LogP contribution in [0.4, 0.5) is 0 Å². The highest BCUT2D eigenvalue weighted by Gasteiger charge is 2.06. The summed E-state index contributed by atoms with van der Waals surface area (Å²) in [5.41, 5.74) is 5.62. The molecule has 0 spiro atoms. The molecule has 0 heterocycles. The van der Waals surface area contributed by atoms with Crippen LogP contribution in [-0.4, -0.2) is 31.6 Å². The lowest BCUT2D eigenvalue weighted by atomic mass is 9.99. The largest absolute Gasteiger partial charge is 0.310 e. The van der Waals surface area contributed by atoms with Gasteiger partial charge in [-0.25, -0.2) is 0 Å². The summed E-state index contributed by atoms with van der Waals surface area (Å²) in [5.74, 6) is 0. The molecule has 0 saturated carbocycles. The van der Waals surface area contributed by atoms with E-state index in [2.05, 4.69) is 64.1 Å². The van der Waals surface area contributed by atoms with Crippen LogP contribution in [0.3, 0.4) is 0 Å². The van der Waals surface area contributed by atoms with Gasteiger partial charge in [0.25, 0.3) is 0 Å². The van der Waals surface area contributed by atoms with Gasteiger partial charge in [-0.3, -0.25) is 0 Å². The van der Waals surface area contributed by atoms with Crippen LogP contribution in [0.1, 0.15) is 35.6 Å². The minimum Gasteiger partial charge on any atom is -0.310 e. The summed E-state index contributed by atoms with van der Waals surface area (Å²) in [6, 6.07) is 5.11. The first-order valence-corrected chi connectivity index (χ1v) is 6.85. The zero-order chi connectivity index (χ0) is 13.7. The van der Waals surface area contributed by atoms with Gasteiger partial charge in [0.05, 0.1) is 0 Å². The van der Waals surface area contributed by atoms with Crippen molar-refractivity contribution in [2.45, 2.75) is 46.7 Å². The molecule has 102 valence electrons. The average Bonchev–Trinajstić information content (AvgIpc) is 2.24. The topological polar surface area (TPSA) is 15.3 Å². The van der Waals surface area contributed by atoms with Crippen LogP contribution in [0, 0.1) is 20.8 Å². The fourth-order valence-corrected chi connectivity index (χ4v) is 2.32. The maximum atomic E-state index is 3.63. The van der Waals surface area contributed by atoms with Crippen molar-refractivity contribution in [1.29, 1.82) is 0 Å². The summed E-state index contributed by atoms with van der Waals surface area (Å²) in [7, 11) is 4.25. The zero-order valence-corrected chi connectivity index (χ0v) is 12.8. The summed E-state index contributed by atoms with van der Waals surface area (Å²) >= 11 is 0. The molecule has 0 aliphatic rings. The highest BCUT2D eigenvalue weighted by Crippen LogP contribution is 2.16. The molecule has 0 fully saturated rings. The second kappa shape index (κ2) is 6.91. The highest BCUT2D eigenvalue weighted by atomic mass is 15.1. The number of benzene rings is 1. The number of rotatable bonds is 6. The Labute approximate surface area is 112 Å². The van der Waals surface area contributed by atoms with Crippen molar-refractivity contribution in [3.05, 3.63) is 34.4 Å². The minimum absolute atomic E-state index is 0.563. The molecule has 0 aromatic heterocycles. The van der Waals surface area contributed by atoms with Gasteiger partial charge in [0.15, 0.2) is 0 Å². The van der Waals surface area contributed by atoms with Crippen LogP contribution >= 0.6 is 0 Å². The molecule has 1 aromatic rings. The molecule has 0 aliphatic carbocycles. The second-order valence-electron chi connectivity index (χ2n) is 5.75. The molecule has 1 unspecified atom stereocenters. The van der Waals surface area contributed by atoms with Crippen molar-refractivity contribution in [3.8, 4) is 0 Å². The molecule has 2 heteroatoms. The van der Waals surface area contributed by atoms with Crippen molar-refractivity contribution in [3.63, 3.8) is 0 Å². The number of nitrogens with one attached hydrogen (secondary N) is 1. The van der Waals surface area contributed by atoms with E-state index in [0.29, 0.717) is 6.04 Å². The van der Waals surface area contributed by atoms with E-state index in [9.17, 15) is 0 Å². The third kappa shape index (κ3) is 4.79. The first-order chi connectivity index (χ1) is 8.40. The quantitative estimate of drug-likeness (QED) is 0.832. The van der Waals surface area contributed by atoms with E-state index in [1.165, 1.54) is 28.7 Å². The molecule has 0 radical (unpaired) electrons.